The number of carboxylic acid groups (broad SMARTS) is 1. The average Bonchev–Trinajstić information content (AvgIpc) is 2.46. The van der Waals surface area contributed by atoms with Crippen LogP contribution in [0.3, 0.4) is 0 Å². The van der Waals surface area contributed by atoms with E-state index in [1.165, 1.54) is 0 Å². The van der Waals surface area contributed by atoms with Crippen LogP contribution in [-0.2, 0) is 9.59 Å². The number of Topliss-reactive ketones (excluding diaryl/α,β-unsaturated/α-hetero) is 1. The lowest BCUT2D eigenvalue weighted by Gasteiger charge is -2.14. The standard InChI is InChI=1S/C8H10O3/c9-7-4-1-2-5(7)6(3-4)8(10)11/h4-6H,1-3H2,(H,10,11)/t4-,5-,6+/m1/s1. The van der Waals surface area contributed by atoms with Crippen molar-refractivity contribution in [2.75, 3.05) is 0 Å². The topological polar surface area (TPSA) is 54.4 Å². The van der Waals surface area contributed by atoms with Gasteiger partial charge >= 0.3 is 5.97 Å². The number of carbonyl (C=O) groups excluding carboxylic acids is 1. The average molecular weight is 154 g/mol. The van der Waals surface area contributed by atoms with E-state index in [4.69, 9.17) is 5.11 Å². The van der Waals surface area contributed by atoms with Crippen molar-refractivity contribution >= 4 is 11.8 Å². The largest absolute Gasteiger partial charge is 0.481 e. The zero-order valence-corrected chi connectivity index (χ0v) is 6.12. The minimum atomic E-state index is -0.787. The molecule has 1 N–H and O–H groups in total. The molecule has 0 radical (unpaired) electrons. The lowest BCUT2D eigenvalue weighted by Crippen LogP contribution is -2.21. The van der Waals surface area contributed by atoms with Crippen LogP contribution in [0, 0.1) is 17.8 Å². The van der Waals surface area contributed by atoms with Gasteiger partial charge in [-0.3, -0.25) is 9.59 Å². The number of hydrogen-bond acceptors (Lipinski definition) is 2. The molecule has 60 valence electrons. The van der Waals surface area contributed by atoms with Crippen LogP contribution in [0.15, 0.2) is 0 Å². The van der Waals surface area contributed by atoms with Crippen molar-refractivity contribution in [2.24, 2.45) is 17.8 Å². The van der Waals surface area contributed by atoms with Crippen LogP contribution in [0.25, 0.3) is 0 Å². The lowest BCUT2D eigenvalue weighted by molar-refractivity contribution is -0.144. The van der Waals surface area contributed by atoms with E-state index in [1.54, 1.807) is 0 Å². The van der Waals surface area contributed by atoms with Gasteiger partial charge in [0.15, 0.2) is 0 Å². The maximum Gasteiger partial charge on any atom is 0.307 e. The molecule has 0 spiro atoms. The Kier molecular flexibility index (Phi) is 1.28. The predicted molar refractivity (Wildman–Crippen MR) is 37.0 cm³/mol. The Morgan fingerprint density at radius 3 is 2.45 bits per heavy atom. The minimum absolute atomic E-state index is 0.0844. The Morgan fingerprint density at radius 1 is 1.45 bits per heavy atom. The minimum Gasteiger partial charge on any atom is -0.481 e. The third-order valence-corrected chi connectivity index (χ3v) is 2.94. The van der Waals surface area contributed by atoms with Crippen molar-refractivity contribution in [2.45, 2.75) is 19.3 Å². The van der Waals surface area contributed by atoms with E-state index in [2.05, 4.69) is 0 Å². The van der Waals surface area contributed by atoms with Gasteiger partial charge in [-0.1, -0.05) is 0 Å². The van der Waals surface area contributed by atoms with Gasteiger partial charge in [0.25, 0.3) is 0 Å². The Balaban J connectivity index is 2.21. The normalized spacial score (nSPS) is 41.5. The molecule has 2 rings (SSSR count). The number of rotatable bonds is 1. The Hall–Kier alpha value is -0.860. The quantitative estimate of drug-likeness (QED) is 0.604. The summed E-state index contributed by atoms with van der Waals surface area (Å²) >= 11 is 0. The number of aliphatic carboxylic acids is 1. The number of carbonyl (C=O) groups is 2. The summed E-state index contributed by atoms with van der Waals surface area (Å²) < 4.78 is 0. The van der Waals surface area contributed by atoms with Gasteiger partial charge in [0.2, 0.25) is 0 Å². The molecule has 2 aliphatic carbocycles. The first-order chi connectivity index (χ1) is 5.20. The zero-order valence-electron chi connectivity index (χ0n) is 6.12. The molecule has 2 saturated carbocycles. The van der Waals surface area contributed by atoms with Gasteiger partial charge < -0.3 is 5.11 Å². The Labute approximate surface area is 64.4 Å². The second-order valence-electron chi connectivity index (χ2n) is 3.46. The van der Waals surface area contributed by atoms with Gasteiger partial charge in [-0.15, -0.1) is 0 Å². The van der Waals surface area contributed by atoms with E-state index in [9.17, 15) is 9.59 Å². The van der Waals surface area contributed by atoms with Crippen LogP contribution in [-0.4, -0.2) is 16.9 Å². The molecule has 0 saturated heterocycles. The monoisotopic (exact) mass is 154 g/mol. The van der Waals surface area contributed by atoms with E-state index in [0.29, 0.717) is 6.42 Å². The molecule has 2 aliphatic rings. The van der Waals surface area contributed by atoms with Crippen molar-refractivity contribution in [3.05, 3.63) is 0 Å². The molecule has 11 heavy (non-hydrogen) atoms. The highest BCUT2D eigenvalue weighted by molar-refractivity contribution is 5.93. The van der Waals surface area contributed by atoms with Gasteiger partial charge in [-0.05, 0) is 19.3 Å². The van der Waals surface area contributed by atoms with Crippen LogP contribution >= 0.6 is 0 Å². The summed E-state index contributed by atoms with van der Waals surface area (Å²) in [6.45, 7) is 0. The summed E-state index contributed by atoms with van der Waals surface area (Å²) in [4.78, 5) is 21.8. The third-order valence-electron chi connectivity index (χ3n) is 2.94. The van der Waals surface area contributed by atoms with Crippen LogP contribution in [0.5, 0.6) is 0 Å². The van der Waals surface area contributed by atoms with E-state index >= 15 is 0 Å². The van der Waals surface area contributed by atoms with Crippen molar-refractivity contribution in [3.63, 3.8) is 0 Å². The second-order valence-corrected chi connectivity index (χ2v) is 3.46. The van der Waals surface area contributed by atoms with Gasteiger partial charge in [0.1, 0.15) is 5.78 Å². The van der Waals surface area contributed by atoms with Crippen molar-refractivity contribution in [1.82, 2.24) is 0 Å². The lowest BCUT2D eigenvalue weighted by atomic mass is 9.89. The fourth-order valence-electron chi connectivity index (χ4n) is 2.35. The maximum atomic E-state index is 11.2. The number of fused-ring (bicyclic) bond motifs is 2. The highest BCUT2D eigenvalue weighted by atomic mass is 16.4. The Bertz CT molecular complexity index is 221. The number of ketones is 1. The Morgan fingerprint density at radius 2 is 2.18 bits per heavy atom. The molecular weight excluding hydrogens is 144 g/mol. The summed E-state index contributed by atoms with van der Waals surface area (Å²) in [6, 6.07) is 0. The number of hydrogen-bond donors (Lipinski definition) is 1. The van der Waals surface area contributed by atoms with Gasteiger partial charge in [-0.25, -0.2) is 0 Å². The van der Waals surface area contributed by atoms with Crippen molar-refractivity contribution in [1.29, 1.82) is 0 Å². The summed E-state index contributed by atoms with van der Waals surface area (Å²) in [5.41, 5.74) is 0. The second kappa shape index (κ2) is 2.06. The smallest absolute Gasteiger partial charge is 0.307 e. The van der Waals surface area contributed by atoms with Crippen LogP contribution < -0.4 is 0 Å². The molecule has 0 aliphatic heterocycles. The van der Waals surface area contributed by atoms with E-state index in [-0.39, 0.29) is 23.5 Å². The summed E-state index contributed by atoms with van der Waals surface area (Å²) in [6.07, 6.45) is 2.33. The predicted octanol–water partition coefficient (Wildman–Crippen LogP) is 0.686. The molecule has 0 amide bonds. The van der Waals surface area contributed by atoms with Crippen LogP contribution in [0.1, 0.15) is 19.3 Å². The van der Waals surface area contributed by atoms with E-state index in [1.807, 2.05) is 0 Å². The molecule has 0 aromatic carbocycles. The molecular formula is C8H10O3. The van der Waals surface area contributed by atoms with E-state index in [0.717, 1.165) is 12.8 Å². The SMILES string of the molecule is O=C(O)[C@H]1C[C@H]2CC[C@H]1C2=O. The summed E-state index contributed by atoms with van der Waals surface area (Å²) in [5, 5.41) is 8.70. The molecule has 0 aromatic heterocycles. The first kappa shape index (κ1) is 6.83. The van der Waals surface area contributed by atoms with Crippen molar-refractivity contribution < 1.29 is 14.7 Å². The fraction of sp³-hybridized carbons (Fsp3) is 0.750. The number of carboxylic acids is 1. The molecule has 3 nitrogen and oxygen atoms in total. The van der Waals surface area contributed by atoms with Gasteiger partial charge in [-0.2, -0.15) is 0 Å². The van der Waals surface area contributed by atoms with E-state index < -0.39 is 5.97 Å². The molecule has 0 unspecified atom stereocenters. The molecule has 2 bridgehead atoms. The molecule has 2 fully saturated rings. The molecule has 3 atom stereocenters. The van der Waals surface area contributed by atoms with Gasteiger partial charge in [0, 0.05) is 11.8 Å². The van der Waals surface area contributed by atoms with Gasteiger partial charge in [0.05, 0.1) is 5.92 Å². The zero-order chi connectivity index (χ0) is 8.01. The molecule has 3 heteroatoms. The highest BCUT2D eigenvalue weighted by Gasteiger charge is 2.49. The summed E-state index contributed by atoms with van der Waals surface area (Å²) in [7, 11) is 0. The third kappa shape index (κ3) is 0.800. The van der Waals surface area contributed by atoms with Crippen LogP contribution in [0.2, 0.25) is 0 Å². The molecule has 0 heterocycles. The maximum absolute atomic E-state index is 11.2. The van der Waals surface area contributed by atoms with Crippen molar-refractivity contribution in [3.8, 4) is 0 Å². The first-order valence-corrected chi connectivity index (χ1v) is 3.96. The molecule has 0 aromatic rings. The summed E-state index contributed by atoms with van der Waals surface area (Å²) in [5.74, 6) is -0.997. The fourth-order valence-corrected chi connectivity index (χ4v) is 2.35. The van der Waals surface area contributed by atoms with Crippen LogP contribution in [0.4, 0.5) is 0 Å². The highest BCUT2D eigenvalue weighted by Crippen LogP contribution is 2.45. The first-order valence-electron chi connectivity index (χ1n) is 3.96.